The van der Waals surface area contributed by atoms with E-state index in [1.807, 2.05) is 13.8 Å². The van der Waals surface area contributed by atoms with Crippen molar-refractivity contribution < 1.29 is 32.9 Å². The second-order valence-corrected chi connectivity index (χ2v) is 8.05. The molecule has 3 rings (SSSR count). The normalized spacial score (nSPS) is 12.7. The van der Waals surface area contributed by atoms with E-state index < -0.39 is 34.7 Å². The van der Waals surface area contributed by atoms with Gasteiger partial charge in [0.05, 0.1) is 36.4 Å². The van der Waals surface area contributed by atoms with E-state index in [0.29, 0.717) is 5.56 Å². The van der Waals surface area contributed by atoms with Crippen LogP contribution >= 0.6 is 0 Å². The number of nitrogens with one attached hydrogen (secondary N) is 1. The van der Waals surface area contributed by atoms with Crippen molar-refractivity contribution in [2.45, 2.75) is 32.6 Å². The summed E-state index contributed by atoms with van der Waals surface area (Å²) in [6.45, 7) is 3.29. The van der Waals surface area contributed by atoms with Gasteiger partial charge in [0.25, 0.3) is 0 Å². The number of halogens is 3. The lowest BCUT2D eigenvalue weighted by Gasteiger charge is -2.24. The third kappa shape index (κ3) is 4.98. The van der Waals surface area contributed by atoms with Gasteiger partial charge in [-0.2, -0.15) is 18.2 Å². The van der Waals surface area contributed by atoms with Crippen LogP contribution in [0.2, 0.25) is 0 Å². The molecule has 1 aromatic carbocycles. The van der Waals surface area contributed by atoms with Crippen molar-refractivity contribution >= 4 is 22.7 Å². The van der Waals surface area contributed by atoms with Gasteiger partial charge in [0.1, 0.15) is 11.2 Å². The van der Waals surface area contributed by atoms with Crippen LogP contribution in [0.15, 0.2) is 41.3 Å². The van der Waals surface area contributed by atoms with Gasteiger partial charge in [-0.15, -0.1) is 0 Å². The van der Waals surface area contributed by atoms with Gasteiger partial charge in [0, 0.05) is 12.7 Å². The SMILES string of the molecule is COc1nc2c(cc1NCc1cccc(C(F)(F)F)c1)c(=O)c(C(=O)O)cn2C(CO)C(C)C. The van der Waals surface area contributed by atoms with Crippen LogP contribution < -0.4 is 15.5 Å². The molecule has 34 heavy (non-hydrogen) atoms. The van der Waals surface area contributed by atoms with E-state index in [1.54, 1.807) is 0 Å². The zero-order chi connectivity index (χ0) is 25.2. The molecule has 1 unspecified atom stereocenters. The minimum atomic E-state index is -4.49. The molecule has 1 atom stereocenters. The molecule has 11 heteroatoms. The van der Waals surface area contributed by atoms with Crippen LogP contribution in [0.4, 0.5) is 18.9 Å². The number of hydrogen-bond donors (Lipinski definition) is 3. The van der Waals surface area contributed by atoms with Crippen LogP contribution in [0.3, 0.4) is 0 Å². The van der Waals surface area contributed by atoms with Crippen molar-refractivity contribution in [3.05, 3.63) is 63.4 Å². The molecular weight excluding hydrogens is 455 g/mol. The average molecular weight is 479 g/mol. The molecule has 0 amide bonds. The van der Waals surface area contributed by atoms with E-state index in [9.17, 15) is 33.0 Å². The van der Waals surface area contributed by atoms with Crippen molar-refractivity contribution in [3.63, 3.8) is 0 Å². The number of methoxy groups -OCH3 is 1. The number of carboxylic acid groups (broad SMARTS) is 1. The van der Waals surface area contributed by atoms with Gasteiger partial charge in [0.2, 0.25) is 11.3 Å². The van der Waals surface area contributed by atoms with Gasteiger partial charge in [-0.05, 0) is 29.7 Å². The minimum absolute atomic E-state index is 0.0358. The first-order valence-corrected chi connectivity index (χ1v) is 10.4. The van der Waals surface area contributed by atoms with Crippen LogP contribution in [0.5, 0.6) is 5.88 Å². The van der Waals surface area contributed by atoms with Crippen molar-refractivity contribution in [1.82, 2.24) is 9.55 Å². The van der Waals surface area contributed by atoms with E-state index in [4.69, 9.17) is 4.74 Å². The molecule has 182 valence electrons. The topological polar surface area (TPSA) is 114 Å². The lowest BCUT2D eigenvalue weighted by atomic mass is 10.0. The first-order chi connectivity index (χ1) is 16.0. The van der Waals surface area contributed by atoms with Crippen molar-refractivity contribution in [1.29, 1.82) is 0 Å². The summed E-state index contributed by atoms with van der Waals surface area (Å²) in [5.41, 5.74) is -1.44. The molecule has 0 bridgehead atoms. The fourth-order valence-electron chi connectivity index (χ4n) is 3.62. The highest BCUT2D eigenvalue weighted by Gasteiger charge is 2.30. The molecule has 0 fully saturated rings. The minimum Gasteiger partial charge on any atom is -0.479 e. The van der Waals surface area contributed by atoms with E-state index >= 15 is 0 Å². The molecule has 2 aromatic heterocycles. The number of hydrogen-bond acceptors (Lipinski definition) is 6. The Morgan fingerprint density at radius 3 is 2.53 bits per heavy atom. The van der Waals surface area contributed by atoms with Gasteiger partial charge in [-0.25, -0.2) is 4.79 Å². The van der Waals surface area contributed by atoms with Crippen LogP contribution in [-0.2, 0) is 12.7 Å². The Balaban J connectivity index is 2.13. The maximum atomic E-state index is 13.0. The van der Waals surface area contributed by atoms with Crippen molar-refractivity contribution in [3.8, 4) is 5.88 Å². The summed E-state index contributed by atoms with van der Waals surface area (Å²) >= 11 is 0. The largest absolute Gasteiger partial charge is 0.479 e. The van der Waals surface area contributed by atoms with E-state index in [1.165, 1.54) is 29.9 Å². The number of carboxylic acids is 1. The maximum absolute atomic E-state index is 13.0. The fourth-order valence-corrected chi connectivity index (χ4v) is 3.62. The number of pyridine rings is 2. The molecule has 0 saturated carbocycles. The van der Waals surface area contributed by atoms with Gasteiger partial charge in [0.15, 0.2) is 0 Å². The zero-order valence-corrected chi connectivity index (χ0v) is 18.7. The molecule has 0 aliphatic heterocycles. The highest BCUT2D eigenvalue weighted by atomic mass is 19.4. The van der Waals surface area contributed by atoms with Gasteiger partial charge >= 0.3 is 12.1 Å². The van der Waals surface area contributed by atoms with E-state index in [2.05, 4.69) is 10.3 Å². The number of benzene rings is 1. The summed E-state index contributed by atoms with van der Waals surface area (Å²) in [7, 11) is 1.34. The number of aromatic nitrogens is 2. The van der Waals surface area contributed by atoms with Crippen molar-refractivity contribution in [2.24, 2.45) is 5.92 Å². The molecule has 8 nitrogen and oxygen atoms in total. The maximum Gasteiger partial charge on any atom is 0.416 e. The average Bonchev–Trinajstić information content (AvgIpc) is 2.78. The number of carbonyl (C=O) groups is 1. The number of anilines is 1. The number of rotatable bonds is 8. The molecular formula is C23H24F3N3O5. The third-order valence-corrected chi connectivity index (χ3v) is 5.44. The Morgan fingerprint density at radius 1 is 1.26 bits per heavy atom. The number of aromatic carboxylic acids is 1. The van der Waals surface area contributed by atoms with Crippen LogP contribution in [0.1, 0.15) is 41.4 Å². The number of ether oxygens (including phenoxy) is 1. The Bertz CT molecular complexity index is 1270. The predicted molar refractivity (Wildman–Crippen MR) is 119 cm³/mol. The standard InChI is InChI=1S/C23H24F3N3O5/c1-12(2)18(11-30)29-10-16(22(32)33)19(31)15-8-17(21(34-3)28-20(15)29)27-9-13-5-4-6-14(7-13)23(24,25)26/h4-8,10,12,18,27,30H,9,11H2,1-3H3,(H,32,33). The lowest BCUT2D eigenvalue weighted by Crippen LogP contribution is -2.26. The summed E-state index contributed by atoms with van der Waals surface area (Å²) < 4.78 is 45.8. The van der Waals surface area contributed by atoms with Gasteiger partial charge < -0.3 is 24.8 Å². The Kier molecular flexibility index (Phi) is 7.15. The number of fused-ring (bicyclic) bond motifs is 1. The van der Waals surface area contributed by atoms with E-state index in [-0.39, 0.29) is 41.7 Å². The molecule has 0 aliphatic rings. The highest BCUT2D eigenvalue weighted by Crippen LogP contribution is 2.31. The summed E-state index contributed by atoms with van der Waals surface area (Å²) in [6, 6.07) is 5.54. The second kappa shape index (κ2) is 9.72. The van der Waals surface area contributed by atoms with Crippen LogP contribution in [-0.4, -0.2) is 39.5 Å². The number of aliphatic hydroxyl groups excluding tert-OH is 1. The zero-order valence-electron chi connectivity index (χ0n) is 18.7. The van der Waals surface area contributed by atoms with Crippen LogP contribution in [0, 0.1) is 5.92 Å². The summed E-state index contributed by atoms with van der Waals surface area (Å²) in [6.07, 6.45) is -3.34. The Labute approximate surface area is 192 Å². The second-order valence-electron chi connectivity index (χ2n) is 8.05. The summed E-state index contributed by atoms with van der Waals surface area (Å²) in [5, 5.41) is 22.3. The number of nitrogens with zero attached hydrogens (tertiary/aromatic N) is 2. The fraction of sp³-hybridized carbons (Fsp3) is 0.348. The molecule has 0 radical (unpaired) electrons. The molecule has 3 aromatic rings. The molecule has 0 aliphatic carbocycles. The quantitative estimate of drug-likeness (QED) is 0.449. The van der Waals surface area contributed by atoms with E-state index in [0.717, 1.165) is 18.3 Å². The Hall–Kier alpha value is -3.60. The number of alkyl halides is 3. The number of aliphatic hydroxyl groups is 1. The van der Waals surface area contributed by atoms with Gasteiger partial charge in [-0.1, -0.05) is 26.0 Å². The first-order valence-electron chi connectivity index (χ1n) is 10.4. The summed E-state index contributed by atoms with van der Waals surface area (Å²) in [5.74, 6) is -1.50. The Morgan fingerprint density at radius 2 is 1.97 bits per heavy atom. The molecule has 2 heterocycles. The summed E-state index contributed by atoms with van der Waals surface area (Å²) in [4.78, 5) is 29.0. The van der Waals surface area contributed by atoms with Crippen molar-refractivity contribution in [2.75, 3.05) is 19.0 Å². The molecule has 0 saturated heterocycles. The monoisotopic (exact) mass is 479 g/mol. The molecule has 0 spiro atoms. The van der Waals surface area contributed by atoms with Crippen LogP contribution in [0.25, 0.3) is 11.0 Å². The molecule has 3 N–H and O–H groups in total. The third-order valence-electron chi connectivity index (χ3n) is 5.44. The first kappa shape index (κ1) is 25.0. The lowest BCUT2D eigenvalue weighted by molar-refractivity contribution is -0.137. The highest BCUT2D eigenvalue weighted by molar-refractivity contribution is 5.93. The van der Waals surface area contributed by atoms with Gasteiger partial charge in [-0.3, -0.25) is 4.79 Å². The predicted octanol–water partition coefficient (Wildman–Crippen LogP) is 3.92. The smallest absolute Gasteiger partial charge is 0.416 e.